The fourth-order valence-corrected chi connectivity index (χ4v) is 4.62. The predicted molar refractivity (Wildman–Crippen MR) is 142 cm³/mol. The Morgan fingerprint density at radius 2 is 1.76 bits per heavy atom. The van der Waals surface area contributed by atoms with Gasteiger partial charge in [-0.15, -0.1) is 0 Å². The van der Waals surface area contributed by atoms with Crippen molar-refractivity contribution < 1.29 is 23.9 Å². The quantitative estimate of drug-likeness (QED) is 0.492. The second-order valence-corrected chi connectivity index (χ2v) is 10.3. The average molecular weight is 522 g/mol. The molecule has 3 heterocycles. The number of benzene rings is 1. The number of aromatic nitrogens is 1. The summed E-state index contributed by atoms with van der Waals surface area (Å²) in [7, 11) is 0. The molecule has 5 bridgehead atoms. The van der Waals surface area contributed by atoms with Crippen molar-refractivity contribution in [2.45, 2.75) is 71.2 Å². The molecule has 10 heteroatoms. The lowest BCUT2D eigenvalue weighted by molar-refractivity contribution is -0.158. The number of hydrazine groups is 1. The van der Waals surface area contributed by atoms with Crippen molar-refractivity contribution in [3.8, 4) is 0 Å². The molecule has 0 saturated carbocycles. The van der Waals surface area contributed by atoms with E-state index in [9.17, 15) is 19.2 Å². The minimum Gasteiger partial charge on any atom is -0.452 e. The summed E-state index contributed by atoms with van der Waals surface area (Å²) >= 11 is 0. The Labute approximate surface area is 222 Å². The van der Waals surface area contributed by atoms with Gasteiger partial charge in [-0.1, -0.05) is 32.1 Å². The third-order valence-corrected chi connectivity index (χ3v) is 6.82. The van der Waals surface area contributed by atoms with Crippen molar-refractivity contribution in [2.75, 3.05) is 6.54 Å². The molecule has 1 saturated heterocycles. The standard InChI is InChI=1S/C28H35N5O5/c1-16(2)25-27(36)31-18(4)28(37)33-12-6-8-23(32-33)26(35)30-17(3)19-10-11-20-15-29-22(14-21(20)13-19)7-5-9-24(34)38-25/h5,7,10-11,13-18,23,25,32H,6,8-9,12H2,1-4H3,(H,30,35)(H,31,36). The number of cyclic esters (lactones) is 1. The van der Waals surface area contributed by atoms with Crippen molar-refractivity contribution in [2.24, 2.45) is 5.92 Å². The van der Waals surface area contributed by atoms with Gasteiger partial charge in [0, 0.05) is 18.1 Å². The molecule has 2 aliphatic heterocycles. The summed E-state index contributed by atoms with van der Waals surface area (Å²) in [6.45, 7) is 7.43. The van der Waals surface area contributed by atoms with E-state index >= 15 is 0 Å². The van der Waals surface area contributed by atoms with E-state index in [1.165, 1.54) is 5.01 Å². The Morgan fingerprint density at radius 3 is 2.53 bits per heavy atom. The van der Waals surface area contributed by atoms with Gasteiger partial charge in [-0.05, 0) is 61.8 Å². The third-order valence-electron chi connectivity index (χ3n) is 6.82. The second kappa shape index (κ2) is 11.7. The normalized spacial score (nSPS) is 25.8. The average Bonchev–Trinajstić information content (AvgIpc) is 2.90. The minimum absolute atomic E-state index is 0.0348. The lowest BCUT2D eigenvalue weighted by atomic mass is 10.0. The molecule has 4 rings (SSSR count). The highest BCUT2D eigenvalue weighted by Crippen LogP contribution is 2.22. The highest BCUT2D eigenvalue weighted by Gasteiger charge is 2.33. The van der Waals surface area contributed by atoms with Crippen LogP contribution in [0.3, 0.4) is 0 Å². The van der Waals surface area contributed by atoms with Gasteiger partial charge in [0.1, 0.15) is 12.1 Å². The van der Waals surface area contributed by atoms with Crippen LogP contribution < -0.4 is 16.1 Å². The smallest absolute Gasteiger partial charge is 0.310 e. The summed E-state index contributed by atoms with van der Waals surface area (Å²) in [5.41, 5.74) is 4.62. The molecule has 2 aliphatic rings. The first-order valence-electron chi connectivity index (χ1n) is 13.1. The molecule has 0 aliphatic carbocycles. The summed E-state index contributed by atoms with van der Waals surface area (Å²) < 4.78 is 5.48. The number of fused-ring (bicyclic) bond motifs is 4. The topological polar surface area (TPSA) is 130 Å². The number of hydrogen-bond donors (Lipinski definition) is 3. The maximum Gasteiger partial charge on any atom is 0.310 e. The van der Waals surface area contributed by atoms with Crippen LogP contribution in [0.1, 0.15) is 64.3 Å². The van der Waals surface area contributed by atoms with Crippen LogP contribution in [0.25, 0.3) is 16.8 Å². The van der Waals surface area contributed by atoms with E-state index in [2.05, 4.69) is 21.0 Å². The SMILES string of the molecule is CC1NC(=O)C(C(C)C)OC(=O)CC=Cc2cc3cc(ccc3cn2)C(C)NC(=O)C2CCCN(N2)C1=O. The van der Waals surface area contributed by atoms with Crippen molar-refractivity contribution in [1.82, 2.24) is 26.1 Å². The van der Waals surface area contributed by atoms with Gasteiger partial charge in [0.15, 0.2) is 6.10 Å². The Morgan fingerprint density at radius 1 is 1.00 bits per heavy atom. The number of esters is 1. The summed E-state index contributed by atoms with van der Waals surface area (Å²) in [6, 6.07) is 6.10. The van der Waals surface area contributed by atoms with E-state index in [0.717, 1.165) is 16.3 Å². The van der Waals surface area contributed by atoms with Crippen LogP contribution in [0, 0.1) is 5.92 Å². The van der Waals surface area contributed by atoms with Gasteiger partial charge in [0.2, 0.25) is 5.91 Å². The molecule has 2 aromatic rings. The second-order valence-electron chi connectivity index (χ2n) is 10.3. The molecule has 202 valence electrons. The number of nitrogens with zero attached hydrogens (tertiary/aromatic N) is 2. The molecule has 1 aromatic carbocycles. The predicted octanol–water partition coefficient (Wildman–Crippen LogP) is 2.40. The first kappa shape index (κ1) is 27.3. The van der Waals surface area contributed by atoms with Crippen LogP contribution in [0.2, 0.25) is 0 Å². The third kappa shape index (κ3) is 6.36. The highest BCUT2D eigenvalue weighted by atomic mass is 16.5. The molecule has 4 unspecified atom stereocenters. The van der Waals surface area contributed by atoms with Crippen molar-refractivity contribution in [1.29, 1.82) is 0 Å². The van der Waals surface area contributed by atoms with Gasteiger partial charge in [0.05, 0.1) is 18.2 Å². The number of nitrogens with one attached hydrogen (secondary N) is 3. The van der Waals surface area contributed by atoms with E-state index in [0.29, 0.717) is 25.1 Å². The summed E-state index contributed by atoms with van der Waals surface area (Å²) in [6.07, 6.45) is 5.26. The zero-order chi connectivity index (χ0) is 27.4. The molecule has 3 N–H and O–H groups in total. The minimum atomic E-state index is -1.05. The monoisotopic (exact) mass is 521 g/mol. The molecule has 1 aromatic heterocycles. The number of pyridine rings is 1. The van der Waals surface area contributed by atoms with E-state index in [-0.39, 0.29) is 30.2 Å². The lowest BCUT2D eigenvalue weighted by Crippen LogP contribution is -2.61. The van der Waals surface area contributed by atoms with E-state index < -0.39 is 30.1 Å². The number of carbonyl (C=O) groups excluding carboxylic acids is 4. The maximum atomic E-state index is 13.1. The number of amides is 3. The molecular weight excluding hydrogens is 486 g/mol. The highest BCUT2D eigenvalue weighted by molar-refractivity contribution is 5.91. The van der Waals surface area contributed by atoms with Crippen molar-refractivity contribution in [3.05, 3.63) is 47.8 Å². The van der Waals surface area contributed by atoms with Crippen LogP contribution in [0.4, 0.5) is 0 Å². The molecule has 4 atom stereocenters. The van der Waals surface area contributed by atoms with E-state index in [1.54, 1.807) is 39.1 Å². The van der Waals surface area contributed by atoms with E-state index in [4.69, 9.17) is 4.74 Å². The van der Waals surface area contributed by atoms with Gasteiger partial charge in [0.25, 0.3) is 11.8 Å². The Balaban J connectivity index is 1.64. The first-order chi connectivity index (χ1) is 18.1. The summed E-state index contributed by atoms with van der Waals surface area (Å²) in [4.78, 5) is 56.1. The van der Waals surface area contributed by atoms with Crippen molar-refractivity contribution in [3.63, 3.8) is 0 Å². The van der Waals surface area contributed by atoms with Crippen LogP contribution in [-0.4, -0.2) is 58.4 Å². The van der Waals surface area contributed by atoms with Gasteiger partial charge >= 0.3 is 5.97 Å². The number of rotatable bonds is 1. The number of hydrogen-bond acceptors (Lipinski definition) is 7. The largest absolute Gasteiger partial charge is 0.452 e. The van der Waals surface area contributed by atoms with Crippen LogP contribution >= 0.6 is 0 Å². The van der Waals surface area contributed by atoms with Crippen LogP contribution in [0.15, 0.2) is 36.5 Å². The fraction of sp³-hybridized carbons (Fsp3) is 0.464. The molecular formula is C28H35N5O5. The van der Waals surface area contributed by atoms with Crippen LogP contribution in [-0.2, 0) is 23.9 Å². The Bertz CT molecular complexity index is 1260. The molecule has 38 heavy (non-hydrogen) atoms. The van der Waals surface area contributed by atoms with Gasteiger partial charge < -0.3 is 15.4 Å². The summed E-state index contributed by atoms with van der Waals surface area (Å²) in [5.74, 6) is -1.98. The molecule has 3 amide bonds. The lowest BCUT2D eigenvalue weighted by Gasteiger charge is -2.35. The number of carbonyl (C=O) groups is 4. The van der Waals surface area contributed by atoms with Crippen LogP contribution in [0.5, 0.6) is 0 Å². The Kier molecular flexibility index (Phi) is 8.41. The first-order valence-corrected chi connectivity index (χ1v) is 13.1. The number of ether oxygens (including phenoxy) is 1. The maximum absolute atomic E-state index is 13.1. The fourth-order valence-electron chi connectivity index (χ4n) is 4.62. The van der Waals surface area contributed by atoms with E-state index in [1.807, 2.05) is 31.2 Å². The van der Waals surface area contributed by atoms with Gasteiger partial charge in [-0.3, -0.25) is 29.2 Å². The molecule has 0 radical (unpaired) electrons. The van der Waals surface area contributed by atoms with Gasteiger partial charge in [-0.2, -0.15) is 0 Å². The Hall–Kier alpha value is -3.79. The molecule has 0 spiro atoms. The zero-order valence-corrected chi connectivity index (χ0v) is 22.2. The zero-order valence-electron chi connectivity index (χ0n) is 22.2. The van der Waals surface area contributed by atoms with Crippen molar-refractivity contribution >= 4 is 40.5 Å². The molecule has 1 fully saturated rings. The summed E-state index contributed by atoms with van der Waals surface area (Å²) in [5, 5.41) is 9.00. The molecule has 10 nitrogen and oxygen atoms in total. The van der Waals surface area contributed by atoms with Gasteiger partial charge in [-0.25, -0.2) is 5.43 Å².